The standard InChI is InChI=1S/C12H16N4O3/c1-9-11(12(17)18-2)7-10(19-9)8-13-3-5-16-6-4-14-15-16/h4,6-7,13H,3,5,8H2,1-2H3. The third-order valence-electron chi connectivity index (χ3n) is 2.66. The predicted octanol–water partition coefficient (Wildman–Crippen LogP) is 0.756. The maximum absolute atomic E-state index is 11.4. The molecule has 19 heavy (non-hydrogen) atoms. The van der Waals surface area contributed by atoms with Crippen molar-refractivity contribution in [2.24, 2.45) is 0 Å². The Morgan fingerprint density at radius 1 is 1.58 bits per heavy atom. The third kappa shape index (κ3) is 3.41. The molecule has 0 aliphatic rings. The second-order valence-electron chi connectivity index (χ2n) is 4.02. The number of aromatic nitrogens is 3. The van der Waals surface area contributed by atoms with Crippen LogP contribution in [0.4, 0.5) is 0 Å². The van der Waals surface area contributed by atoms with E-state index in [0.29, 0.717) is 23.6 Å². The van der Waals surface area contributed by atoms with Crippen LogP contribution in [0.3, 0.4) is 0 Å². The topological polar surface area (TPSA) is 82.2 Å². The van der Waals surface area contributed by atoms with Crippen LogP contribution in [-0.2, 0) is 17.8 Å². The highest BCUT2D eigenvalue weighted by atomic mass is 16.5. The van der Waals surface area contributed by atoms with E-state index in [2.05, 4.69) is 20.4 Å². The molecule has 7 heteroatoms. The zero-order valence-corrected chi connectivity index (χ0v) is 10.9. The molecule has 0 unspecified atom stereocenters. The number of hydrogen-bond acceptors (Lipinski definition) is 6. The molecule has 102 valence electrons. The lowest BCUT2D eigenvalue weighted by Gasteiger charge is -2.01. The van der Waals surface area contributed by atoms with Crippen LogP contribution in [0, 0.1) is 6.92 Å². The van der Waals surface area contributed by atoms with E-state index in [1.54, 1.807) is 30.1 Å². The van der Waals surface area contributed by atoms with Crippen molar-refractivity contribution in [1.29, 1.82) is 0 Å². The van der Waals surface area contributed by atoms with E-state index in [0.717, 1.165) is 13.1 Å². The van der Waals surface area contributed by atoms with E-state index < -0.39 is 0 Å². The SMILES string of the molecule is COC(=O)c1cc(CNCCn2ccnn2)oc1C. The largest absolute Gasteiger partial charge is 0.465 e. The number of methoxy groups -OCH3 is 1. The van der Waals surface area contributed by atoms with Crippen molar-refractivity contribution >= 4 is 5.97 Å². The summed E-state index contributed by atoms with van der Waals surface area (Å²) in [5.41, 5.74) is 0.468. The van der Waals surface area contributed by atoms with E-state index in [1.165, 1.54) is 7.11 Å². The van der Waals surface area contributed by atoms with Crippen LogP contribution in [0.15, 0.2) is 22.9 Å². The van der Waals surface area contributed by atoms with Crippen LogP contribution in [0.25, 0.3) is 0 Å². The molecular formula is C12H16N4O3. The van der Waals surface area contributed by atoms with Crippen molar-refractivity contribution < 1.29 is 13.9 Å². The van der Waals surface area contributed by atoms with Gasteiger partial charge in [0.05, 0.1) is 26.4 Å². The van der Waals surface area contributed by atoms with Crippen LogP contribution in [0.1, 0.15) is 21.9 Å². The number of esters is 1. The minimum absolute atomic E-state index is 0.380. The zero-order valence-electron chi connectivity index (χ0n) is 10.9. The van der Waals surface area contributed by atoms with E-state index in [9.17, 15) is 4.79 Å². The highest BCUT2D eigenvalue weighted by Crippen LogP contribution is 2.15. The molecule has 0 saturated carbocycles. The summed E-state index contributed by atoms with van der Waals surface area (Å²) in [7, 11) is 1.35. The zero-order chi connectivity index (χ0) is 13.7. The molecule has 0 amide bonds. The van der Waals surface area contributed by atoms with Crippen molar-refractivity contribution in [3.05, 3.63) is 35.5 Å². The van der Waals surface area contributed by atoms with Gasteiger partial charge in [-0.15, -0.1) is 5.10 Å². The number of aryl methyl sites for hydroxylation is 1. The molecule has 1 N–H and O–H groups in total. The van der Waals surface area contributed by atoms with Crippen molar-refractivity contribution in [3.8, 4) is 0 Å². The predicted molar refractivity (Wildman–Crippen MR) is 66.5 cm³/mol. The van der Waals surface area contributed by atoms with Gasteiger partial charge in [0.2, 0.25) is 0 Å². The van der Waals surface area contributed by atoms with Crippen LogP contribution < -0.4 is 5.32 Å². The van der Waals surface area contributed by atoms with Gasteiger partial charge in [-0.2, -0.15) is 0 Å². The van der Waals surface area contributed by atoms with Crippen molar-refractivity contribution in [3.63, 3.8) is 0 Å². The fourth-order valence-electron chi connectivity index (χ4n) is 1.70. The number of ether oxygens (including phenoxy) is 1. The second kappa shape index (κ2) is 6.14. The molecule has 0 fully saturated rings. The fraction of sp³-hybridized carbons (Fsp3) is 0.417. The molecule has 0 aliphatic heterocycles. The lowest BCUT2D eigenvalue weighted by molar-refractivity contribution is 0.0599. The Labute approximate surface area is 110 Å². The van der Waals surface area contributed by atoms with E-state index in [-0.39, 0.29) is 5.97 Å². The van der Waals surface area contributed by atoms with Crippen LogP contribution in [-0.4, -0.2) is 34.6 Å². The van der Waals surface area contributed by atoms with Crippen molar-refractivity contribution in [1.82, 2.24) is 20.3 Å². The van der Waals surface area contributed by atoms with Gasteiger partial charge in [0.25, 0.3) is 0 Å². The molecule has 0 aromatic carbocycles. The normalized spacial score (nSPS) is 10.6. The smallest absolute Gasteiger partial charge is 0.341 e. The Morgan fingerprint density at radius 2 is 2.42 bits per heavy atom. The van der Waals surface area contributed by atoms with Gasteiger partial charge in [-0.1, -0.05) is 5.21 Å². The summed E-state index contributed by atoms with van der Waals surface area (Å²) in [5, 5.41) is 10.8. The van der Waals surface area contributed by atoms with E-state index in [4.69, 9.17) is 4.42 Å². The Hall–Kier alpha value is -2.15. The third-order valence-corrected chi connectivity index (χ3v) is 2.66. The second-order valence-corrected chi connectivity index (χ2v) is 4.02. The van der Waals surface area contributed by atoms with Crippen LogP contribution in [0.5, 0.6) is 0 Å². The van der Waals surface area contributed by atoms with E-state index in [1.807, 2.05) is 0 Å². The Bertz CT molecular complexity index is 533. The first-order valence-corrected chi connectivity index (χ1v) is 5.93. The highest BCUT2D eigenvalue weighted by molar-refractivity contribution is 5.90. The summed E-state index contributed by atoms with van der Waals surface area (Å²) < 4.78 is 11.9. The van der Waals surface area contributed by atoms with Crippen LogP contribution in [0.2, 0.25) is 0 Å². The summed E-state index contributed by atoms with van der Waals surface area (Å²) in [6, 6.07) is 1.70. The summed E-state index contributed by atoms with van der Waals surface area (Å²) in [5.74, 6) is 0.895. The van der Waals surface area contributed by atoms with Gasteiger partial charge in [0, 0.05) is 12.7 Å². The average molecular weight is 264 g/mol. The minimum Gasteiger partial charge on any atom is -0.465 e. The Balaban J connectivity index is 1.81. The summed E-state index contributed by atoms with van der Waals surface area (Å²) >= 11 is 0. The van der Waals surface area contributed by atoms with Gasteiger partial charge in [-0.3, -0.25) is 4.68 Å². The molecule has 2 aromatic heterocycles. The summed E-state index contributed by atoms with van der Waals surface area (Å²) in [4.78, 5) is 11.4. The lowest BCUT2D eigenvalue weighted by atomic mass is 10.2. The van der Waals surface area contributed by atoms with Gasteiger partial charge < -0.3 is 14.5 Å². The molecule has 0 aliphatic carbocycles. The van der Waals surface area contributed by atoms with Crippen molar-refractivity contribution in [2.45, 2.75) is 20.0 Å². The number of rotatable bonds is 6. The van der Waals surface area contributed by atoms with Gasteiger partial charge >= 0.3 is 5.97 Å². The number of nitrogens with one attached hydrogen (secondary N) is 1. The number of nitrogens with zero attached hydrogens (tertiary/aromatic N) is 3. The molecule has 0 saturated heterocycles. The molecule has 2 aromatic rings. The highest BCUT2D eigenvalue weighted by Gasteiger charge is 2.14. The molecule has 2 heterocycles. The maximum atomic E-state index is 11.4. The quantitative estimate of drug-likeness (QED) is 0.612. The molecule has 0 bridgehead atoms. The first-order chi connectivity index (χ1) is 9.20. The molecule has 0 atom stereocenters. The van der Waals surface area contributed by atoms with Crippen molar-refractivity contribution in [2.75, 3.05) is 13.7 Å². The van der Waals surface area contributed by atoms with Gasteiger partial charge in [-0.25, -0.2) is 4.79 Å². The molecule has 2 rings (SSSR count). The first-order valence-electron chi connectivity index (χ1n) is 5.93. The maximum Gasteiger partial charge on any atom is 0.341 e. The number of furan rings is 1. The molecule has 0 spiro atoms. The Morgan fingerprint density at radius 3 is 3.11 bits per heavy atom. The number of hydrogen-bond donors (Lipinski definition) is 1. The lowest BCUT2D eigenvalue weighted by Crippen LogP contribution is -2.19. The minimum atomic E-state index is -0.380. The van der Waals surface area contributed by atoms with Gasteiger partial charge in [-0.05, 0) is 13.0 Å². The van der Waals surface area contributed by atoms with Crippen LogP contribution >= 0.6 is 0 Å². The van der Waals surface area contributed by atoms with Gasteiger partial charge in [0.1, 0.15) is 17.1 Å². The Kier molecular flexibility index (Phi) is 4.30. The number of carbonyl (C=O) groups is 1. The summed E-state index contributed by atoms with van der Waals surface area (Å²) in [6.07, 6.45) is 3.44. The average Bonchev–Trinajstić information content (AvgIpc) is 3.03. The van der Waals surface area contributed by atoms with E-state index >= 15 is 0 Å². The number of carbonyl (C=O) groups excluding carboxylic acids is 1. The first kappa shape index (κ1) is 13.3. The fourth-order valence-corrected chi connectivity index (χ4v) is 1.70. The molecule has 7 nitrogen and oxygen atoms in total. The summed E-state index contributed by atoms with van der Waals surface area (Å²) in [6.45, 7) is 3.75. The monoisotopic (exact) mass is 264 g/mol. The molecule has 0 radical (unpaired) electrons. The van der Waals surface area contributed by atoms with Gasteiger partial charge in [0.15, 0.2) is 0 Å². The molecular weight excluding hydrogens is 248 g/mol.